The molecule has 0 unspecified atom stereocenters. The number of hydrogen-bond donors (Lipinski definition) is 3. The zero-order valence-electron chi connectivity index (χ0n) is 12.3. The van der Waals surface area contributed by atoms with Crippen LogP contribution in [0.1, 0.15) is 45.1 Å². The minimum Gasteiger partial charge on any atom is -0.359 e. The van der Waals surface area contributed by atoms with E-state index < -0.39 is 0 Å². The van der Waals surface area contributed by atoms with Crippen molar-refractivity contribution in [3.05, 3.63) is 35.9 Å². The molecule has 4 nitrogen and oxygen atoms in total. The molecule has 1 aromatic carbocycles. The second kappa shape index (κ2) is 8.53. The summed E-state index contributed by atoms with van der Waals surface area (Å²) in [6, 6.07) is 10.0. The molecule has 5 heteroatoms. The van der Waals surface area contributed by atoms with Crippen LogP contribution in [-0.2, 0) is 4.79 Å². The number of hydrogen-bond acceptors (Lipinski definition) is 2. The molecule has 0 aliphatic heterocycles. The van der Waals surface area contributed by atoms with E-state index in [9.17, 15) is 4.79 Å². The van der Waals surface area contributed by atoms with Crippen LogP contribution in [0.4, 0.5) is 0 Å². The SMILES string of the molecule is CCC[C@H](C(=O)NNC(=S)NC(C)C)c1ccccc1. The van der Waals surface area contributed by atoms with E-state index in [4.69, 9.17) is 12.2 Å². The van der Waals surface area contributed by atoms with Crippen LogP contribution >= 0.6 is 12.2 Å². The average Bonchev–Trinajstić information content (AvgIpc) is 2.42. The highest BCUT2D eigenvalue weighted by atomic mass is 32.1. The summed E-state index contributed by atoms with van der Waals surface area (Å²) in [5.74, 6) is -0.221. The first-order chi connectivity index (χ1) is 9.54. The van der Waals surface area contributed by atoms with E-state index in [1.54, 1.807) is 0 Å². The van der Waals surface area contributed by atoms with E-state index in [1.807, 2.05) is 44.2 Å². The van der Waals surface area contributed by atoms with Crippen molar-refractivity contribution in [1.82, 2.24) is 16.2 Å². The molecule has 0 saturated heterocycles. The summed E-state index contributed by atoms with van der Waals surface area (Å²) in [6.45, 7) is 6.04. The van der Waals surface area contributed by atoms with Gasteiger partial charge in [-0.25, -0.2) is 0 Å². The van der Waals surface area contributed by atoms with Crippen molar-refractivity contribution in [1.29, 1.82) is 0 Å². The third-order valence-electron chi connectivity index (χ3n) is 2.81. The van der Waals surface area contributed by atoms with Gasteiger partial charge in [-0.15, -0.1) is 0 Å². The van der Waals surface area contributed by atoms with Crippen LogP contribution in [0.5, 0.6) is 0 Å². The van der Waals surface area contributed by atoms with Gasteiger partial charge in [0.1, 0.15) is 0 Å². The van der Waals surface area contributed by atoms with Crippen molar-refractivity contribution in [2.75, 3.05) is 0 Å². The van der Waals surface area contributed by atoms with Gasteiger partial charge in [-0.3, -0.25) is 15.6 Å². The fourth-order valence-corrected chi connectivity index (χ4v) is 2.21. The molecule has 110 valence electrons. The molecule has 0 aliphatic carbocycles. The Morgan fingerprint density at radius 2 is 1.85 bits per heavy atom. The minimum atomic E-state index is -0.157. The molecule has 20 heavy (non-hydrogen) atoms. The molecular formula is C15H23N3OS. The van der Waals surface area contributed by atoms with Crippen molar-refractivity contribution >= 4 is 23.2 Å². The van der Waals surface area contributed by atoms with Crippen molar-refractivity contribution < 1.29 is 4.79 Å². The number of hydrazine groups is 1. The maximum absolute atomic E-state index is 12.3. The highest BCUT2D eigenvalue weighted by molar-refractivity contribution is 7.80. The van der Waals surface area contributed by atoms with Crippen LogP contribution in [0, 0.1) is 0 Å². The van der Waals surface area contributed by atoms with Gasteiger partial charge in [-0.2, -0.15) is 0 Å². The van der Waals surface area contributed by atoms with Crippen LogP contribution in [0.3, 0.4) is 0 Å². The number of amides is 1. The predicted molar refractivity (Wildman–Crippen MR) is 86.2 cm³/mol. The van der Waals surface area contributed by atoms with Gasteiger partial charge in [0.15, 0.2) is 5.11 Å². The summed E-state index contributed by atoms with van der Waals surface area (Å²) in [6.07, 6.45) is 1.75. The van der Waals surface area contributed by atoms with Crippen molar-refractivity contribution in [3.8, 4) is 0 Å². The Morgan fingerprint density at radius 3 is 2.40 bits per heavy atom. The maximum atomic E-state index is 12.3. The molecule has 0 heterocycles. The molecule has 0 spiro atoms. The van der Waals surface area contributed by atoms with Gasteiger partial charge in [-0.05, 0) is 38.0 Å². The van der Waals surface area contributed by atoms with E-state index in [0.29, 0.717) is 5.11 Å². The molecule has 1 aromatic rings. The fraction of sp³-hybridized carbons (Fsp3) is 0.467. The van der Waals surface area contributed by atoms with Gasteiger partial charge < -0.3 is 5.32 Å². The molecule has 0 aromatic heterocycles. The first-order valence-corrected chi connectivity index (χ1v) is 7.36. The molecular weight excluding hydrogens is 270 g/mol. The van der Waals surface area contributed by atoms with Gasteiger partial charge in [0.2, 0.25) is 5.91 Å². The Kier molecular flexibility index (Phi) is 7.01. The Labute approximate surface area is 126 Å². The smallest absolute Gasteiger partial charge is 0.245 e. The number of carbonyl (C=O) groups excluding carboxylic acids is 1. The second-order valence-corrected chi connectivity index (χ2v) is 5.40. The molecule has 0 aliphatic rings. The summed E-state index contributed by atoms with van der Waals surface area (Å²) in [5, 5.41) is 3.44. The van der Waals surface area contributed by atoms with Gasteiger partial charge in [0.05, 0.1) is 5.92 Å². The standard InChI is InChI=1S/C15H23N3OS/c1-4-8-13(12-9-6-5-7-10-12)14(19)17-18-15(20)16-11(2)3/h5-7,9-11,13H,4,8H2,1-3H3,(H,17,19)(H2,16,18,20)/t13-/m0/s1. The third kappa shape index (κ3) is 5.57. The average molecular weight is 293 g/mol. The van der Waals surface area contributed by atoms with E-state index >= 15 is 0 Å². The minimum absolute atomic E-state index is 0.0639. The van der Waals surface area contributed by atoms with Crippen molar-refractivity contribution in [3.63, 3.8) is 0 Å². The quantitative estimate of drug-likeness (QED) is 0.577. The zero-order chi connectivity index (χ0) is 15.0. The number of rotatable bonds is 5. The van der Waals surface area contributed by atoms with Gasteiger partial charge in [0, 0.05) is 6.04 Å². The van der Waals surface area contributed by atoms with Crippen LogP contribution in [0.25, 0.3) is 0 Å². The van der Waals surface area contributed by atoms with Gasteiger partial charge in [0.25, 0.3) is 0 Å². The molecule has 1 amide bonds. The summed E-state index contributed by atoms with van der Waals surface area (Å²) in [7, 11) is 0. The van der Waals surface area contributed by atoms with Gasteiger partial charge >= 0.3 is 0 Å². The van der Waals surface area contributed by atoms with Crippen molar-refractivity contribution in [2.24, 2.45) is 0 Å². The lowest BCUT2D eigenvalue weighted by molar-refractivity contribution is -0.123. The van der Waals surface area contributed by atoms with E-state index in [0.717, 1.165) is 18.4 Å². The predicted octanol–water partition coefficient (Wildman–Crippen LogP) is 2.47. The maximum Gasteiger partial charge on any atom is 0.245 e. The largest absolute Gasteiger partial charge is 0.359 e. The number of benzene rings is 1. The van der Waals surface area contributed by atoms with Crippen LogP contribution in [0.15, 0.2) is 30.3 Å². The molecule has 0 fully saturated rings. The summed E-state index contributed by atoms with van der Waals surface area (Å²) >= 11 is 5.08. The lowest BCUT2D eigenvalue weighted by Crippen LogP contribution is -2.49. The number of nitrogens with one attached hydrogen (secondary N) is 3. The third-order valence-corrected chi connectivity index (χ3v) is 3.03. The highest BCUT2D eigenvalue weighted by Crippen LogP contribution is 2.20. The highest BCUT2D eigenvalue weighted by Gasteiger charge is 2.19. The van der Waals surface area contributed by atoms with E-state index in [-0.39, 0.29) is 17.9 Å². The van der Waals surface area contributed by atoms with E-state index in [2.05, 4.69) is 23.1 Å². The van der Waals surface area contributed by atoms with Crippen LogP contribution in [0.2, 0.25) is 0 Å². The first kappa shape index (κ1) is 16.4. The Morgan fingerprint density at radius 1 is 1.20 bits per heavy atom. The Bertz CT molecular complexity index is 434. The molecule has 0 bridgehead atoms. The normalized spacial score (nSPS) is 11.8. The summed E-state index contributed by atoms with van der Waals surface area (Å²) in [4.78, 5) is 12.3. The lowest BCUT2D eigenvalue weighted by atomic mass is 9.94. The van der Waals surface area contributed by atoms with E-state index in [1.165, 1.54) is 0 Å². The van der Waals surface area contributed by atoms with Crippen LogP contribution < -0.4 is 16.2 Å². The molecule has 3 N–H and O–H groups in total. The number of thiocarbonyl (C=S) groups is 1. The monoisotopic (exact) mass is 293 g/mol. The van der Waals surface area contributed by atoms with Crippen molar-refractivity contribution in [2.45, 2.75) is 45.6 Å². The van der Waals surface area contributed by atoms with Gasteiger partial charge in [-0.1, -0.05) is 43.7 Å². The Balaban J connectivity index is 2.59. The molecule has 1 rings (SSSR count). The Hall–Kier alpha value is -1.62. The lowest BCUT2D eigenvalue weighted by Gasteiger charge is -2.19. The molecule has 0 saturated carbocycles. The first-order valence-electron chi connectivity index (χ1n) is 6.96. The molecule has 0 radical (unpaired) electrons. The zero-order valence-corrected chi connectivity index (χ0v) is 13.1. The number of carbonyl (C=O) groups is 1. The molecule has 1 atom stereocenters. The fourth-order valence-electron chi connectivity index (χ4n) is 1.93. The van der Waals surface area contributed by atoms with Crippen LogP contribution in [-0.4, -0.2) is 17.1 Å². The summed E-state index contributed by atoms with van der Waals surface area (Å²) in [5.41, 5.74) is 6.45. The summed E-state index contributed by atoms with van der Waals surface area (Å²) < 4.78 is 0. The topological polar surface area (TPSA) is 53.2 Å². The second-order valence-electron chi connectivity index (χ2n) is 4.99.